The molecule has 0 aromatic carbocycles. The highest BCUT2D eigenvalue weighted by Crippen LogP contribution is 2.26. The Bertz CT molecular complexity index is 220. The van der Waals surface area contributed by atoms with Crippen molar-refractivity contribution in [3.05, 3.63) is 0 Å². The summed E-state index contributed by atoms with van der Waals surface area (Å²) in [6.45, 7) is 8.78. The van der Waals surface area contributed by atoms with Gasteiger partial charge in [0.2, 0.25) is 0 Å². The number of nitrogens with zero attached hydrogens (tertiary/aromatic N) is 1. The van der Waals surface area contributed by atoms with Crippen LogP contribution < -0.4 is 5.73 Å². The van der Waals surface area contributed by atoms with Gasteiger partial charge in [-0.05, 0) is 31.7 Å². The quantitative estimate of drug-likeness (QED) is 0.792. The summed E-state index contributed by atoms with van der Waals surface area (Å²) in [4.78, 5) is 2.64. The van der Waals surface area contributed by atoms with Gasteiger partial charge >= 0.3 is 0 Å². The maximum atomic E-state index is 6.17. The minimum Gasteiger partial charge on any atom is -0.381 e. The van der Waals surface area contributed by atoms with E-state index in [0.717, 1.165) is 38.1 Å². The van der Waals surface area contributed by atoms with Gasteiger partial charge in [-0.1, -0.05) is 13.8 Å². The van der Waals surface area contributed by atoms with E-state index in [4.69, 9.17) is 10.5 Å². The van der Waals surface area contributed by atoms with Crippen LogP contribution in [0.5, 0.6) is 0 Å². The van der Waals surface area contributed by atoms with Crippen molar-refractivity contribution in [3.63, 3.8) is 0 Å². The van der Waals surface area contributed by atoms with Gasteiger partial charge in [-0.25, -0.2) is 0 Å². The summed E-state index contributed by atoms with van der Waals surface area (Å²) in [7, 11) is 0. The summed E-state index contributed by atoms with van der Waals surface area (Å²) in [6, 6.07) is 1.12. The second-order valence-electron chi connectivity index (χ2n) is 5.74. The van der Waals surface area contributed by atoms with Crippen LogP contribution >= 0.6 is 0 Å². The maximum absolute atomic E-state index is 6.17. The van der Waals surface area contributed by atoms with Crippen LogP contribution in [0.3, 0.4) is 0 Å². The molecule has 2 heterocycles. The SMILES string of the molecule is CC(C)C1CCCN1CC1COCCC1N. The molecule has 2 aliphatic heterocycles. The molecule has 3 nitrogen and oxygen atoms in total. The Morgan fingerprint density at radius 1 is 1.38 bits per heavy atom. The van der Waals surface area contributed by atoms with Crippen molar-refractivity contribution in [1.29, 1.82) is 0 Å². The van der Waals surface area contributed by atoms with Crippen molar-refractivity contribution in [2.24, 2.45) is 17.6 Å². The lowest BCUT2D eigenvalue weighted by atomic mass is 9.94. The van der Waals surface area contributed by atoms with Crippen molar-refractivity contribution >= 4 is 0 Å². The Labute approximate surface area is 99.3 Å². The molecule has 2 fully saturated rings. The van der Waals surface area contributed by atoms with Crippen molar-refractivity contribution in [2.75, 3.05) is 26.3 Å². The number of ether oxygens (including phenoxy) is 1. The third-order valence-corrected chi connectivity index (χ3v) is 4.19. The van der Waals surface area contributed by atoms with Gasteiger partial charge in [-0.3, -0.25) is 4.90 Å². The number of likely N-dealkylation sites (tertiary alicyclic amines) is 1. The van der Waals surface area contributed by atoms with E-state index in [1.165, 1.54) is 19.4 Å². The molecule has 2 aliphatic rings. The number of hydrogen-bond donors (Lipinski definition) is 1. The Morgan fingerprint density at radius 3 is 2.88 bits per heavy atom. The van der Waals surface area contributed by atoms with E-state index in [-0.39, 0.29) is 0 Å². The highest BCUT2D eigenvalue weighted by Gasteiger charge is 2.31. The number of rotatable bonds is 3. The third kappa shape index (κ3) is 2.76. The van der Waals surface area contributed by atoms with Crippen LogP contribution in [-0.2, 0) is 4.74 Å². The molecular formula is C13H26N2O. The lowest BCUT2D eigenvalue weighted by Gasteiger charge is -2.35. The van der Waals surface area contributed by atoms with Gasteiger partial charge in [0.15, 0.2) is 0 Å². The van der Waals surface area contributed by atoms with Crippen molar-refractivity contribution < 1.29 is 4.74 Å². The third-order valence-electron chi connectivity index (χ3n) is 4.19. The standard InChI is InChI=1S/C13H26N2O/c1-10(2)13-4-3-6-15(13)8-11-9-16-7-5-12(11)14/h10-13H,3-9,14H2,1-2H3. The topological polar surface area (TPSA) is 38.5 Å². The predicted molar refractivity (Wildman–Crippen MR) is 66.3 cm³/mol. The molecule has 0 amide bonds. The molecule has 0 aromatic heterocycles. The molecule has 3 unspecified atom stereocenters. The fourth-order valence-corrected chi connectivity index (χ4v) is 3.14. The number of nitrogens with two attached hydrogens (primary N) is 1. The fourth-order valence-electron chi connectivity index (χ4n) is 3.14. The van der Waals surface area contributed by atoms with Gasteiger partial charge in [0, 0.05) is 31.2 Å². The van der Waals surface area contributed by atoms with E-state index in [2.05, 4.69) is 18.7 Å². The Balaban J connectivity index is 1.87. The second-order valence-corrected chi connectivity index (χ2v) is 5.74. The molecule has 0 aliphatic carbocycles. The summed E-state index contributed by atoms with van der Waals surface area (Å²) in [5.74, 6) is 1.32. The van der Waals surface area contributed by atoms with E-state index >= 15 is 0 Å². The molecule has 0 bridgehead atoms. The lowest BCUT2D eigenvalue weighted by Crippen LogP contribution is -2.47. The molecule has 0 aromatic rings. The summed E-state index contributed by atoms with van der Waals surface area (Å²) < 4.78 is 5.55. The van der Waals surface area contributed by atoms with Gasteiger partial charge < -0.3 is 10.5 Å². The van der Waals surface area contributed by atoms with Gasteiger partial charge in [0.05, 0.1) is 6.61 Å². The molecular weight excluding hydrogens is 200 g/mol. The summed E-state index contributed by atoms with van der Waals surface area (Å²) in [5.41, 5.74) is 6.17. The Hall–Kier alpha value is -0.120. The monoisotopic (exact) mass is 226 g/mol. The van der Waals surface area contributed by atoms with Crippen LogP contribution in [0.2, 0.25) is 0 Å². The van der Waals surface area contributed by atoms with Gasteiger partial charge in [-0.15, -0.1) is 0 Å². The van der Waals surface area contributed by atoms with E-state index in [1.807, 2.05) is 0 Å². The average molecular weight is 226 g/mol. The molecule has 0 spiro atoms. The first-order valence-corrected chi connectivity index (χ1v) is 6.76. The van der Waals surface area contributed by atoms with Crippen molar-refractivity contribution in [3.8, 4) is 0 Å². The molecule has 16 heavy (non-hydrogen) atoms. The van der Waals surface area contributed by atoms with E-state index in [1.54, 1.807) is 0 Å². The van der Waals surface area contributed by atoms with Crippen LogP contribution in [0, 0.1) is 11.8 Å². The minimum atomic E-state index is 0.349. The molecule has 3 heteroatoms. The first-order valence-electron chi connectivity index (χ1n) is 6.76. The minimum absolute atomic E-state index is 0.349. The van der Waals surface area contributed by atoms with Crippen LogP contribution in [0.1, 0.15) is 33.1 Å². The van der Waals surface area contributed by atoms with Gasteiger partial charge in [0.1, 0.15) is 0 Å². The largest absolute Gasteiger partial charge is 0.381 e. The average Bonchev–Trinajstić information content (AvgIpc) is 2.69. The highest BCUT2D eigenvalue weighted by atomic mass is 16.5. The highest BCUT2D eigenvalue weighted by molar-refractivity contribution is 4.86. The normalized spacial score (nSPS) is 37.1. The molecule has 2 rings (SSSR count). The first-order chi connectivity index (χ1) is 7.68. The summed E-state index contributed by atoms with van der Waals surface area (Å²) >= 11 is 0. The van der Waals surface area contributed by atoms with Crippen LogP contribution in [-0.4, -0.2) is 43.3 Å². The zero-order valence-electron chi connectivity index (χ0n) is 10.7. The first kappa shape index (κ1) is 12.3. The van der Waals surface area contributed by atoms with Gasteiger partial charge in [-0.2, -0.15) is 0 Å². The second kappa shape index (κ2) is 5.48. The van der Waals surface area contributed by atoms with Gasteiger partial charge in [0.25, 0.3) is 0 Å². The molecule has 2 saturated heterocycles. The maximum Gasteiger partial charge on any atom is 0.0521 e. The fraction of sp³-hybridized carbons (Fsp3) is 1.00. The summed E-state index contributed by atoms with van der Waals surface area (Å²) in [5, 5.41) is 0. The Morgan fingerprint density at radius 2 is 2.19 bits per heavy atom. The number of hydrogen-bond acceptors (Lipinski definition) is 3. The van der Waals surface area contributed by atoms with Crippen LogP contribution in [0.4, 0.5) is 0 Å². The lowest BCUT2D eigenvalue weighted by molar-refractivity contribution is 0.0214. The molecule has 2 N–H and O–H groups in total. The van der Waals surface area contributed by atoms with E-state index in [0.29, 0.717) is 12.0 Å². The van der Waals surface area contributed by atoms with Crippen LogP contribution in [0.15, 0.2) is 0 Å². The predicted octanol–water partition coefficient (Wildman–Crippen LogP) is 1.47. The van der Waals surface area contributed by atoms with E-state index in [9.17, 15) is 0 Å². The smallest absolute Gasteiger partial charge is 0.0521 e. The zero-order chi connectivity index (χ0) is 11.5. The molecule has 0 radical (unpaired) electrons. The van der Waals surface area contributed by atoms with E-state index < -0.39 is 0 Å². The molecule has 94 valence electrons. The van der Waals surface area contributed by atoms with Crippen molar-refractivity contribution in [1.82, 2.24) is 4.90 Å². The summed E-state index contributed by atoms with van der Waals surface area (Å²) in [6.07, 6.45) is 3.75. The molecule has 0 saturated carbocycles. The van der Waals surface area contributed by atoms with Crippen molar-refractivity contribution in [2.45, 2.75) is 45.2 Å². The Kier molecular flexibility index (Phi) is 4.22. The van der Waals surface area contributed by atoms with Crippen LogP contribution in [0.25, 0.3) is 0 Å². The zero-order valence-corrected chi connectivity index (χ0v) is 10.7. The molecule has 3 atom stereocenters.